The zero-order valence-electron chi connectivity index (χ0n) is 11.4. The number of benzene rings is 1. The van der Waals surface area contributed by atoms with Crippen molar-refractivity contribution in [2.75, 3.05) is 0 Å². The van der Waals surface area contributed by atoms with Crippen LogP contribution in [0.15, 0.2) is 30.3 Å². The lowest BCUT2D eigenvalue weighted by Crippen LogP contribution is -2.03. The summed E-state index contributed by atoms with van der Waals surface area (Å²) >= 11 is 13.3. The highest BCUT2D eigenvalue weighted by atomic mass is 35.5. The molecule has 0 amide bonds. The molecule has 0 fully saturated rings. The van der Waals surface area contributed by atoms with E-state index in [1.807, 2.05) is 28.9 Å². The van der Waals surface area contributed by atoms with Crippen molar-refractivity contribution in [2.24, 2.45) is 0 Å². The Bertz CT molecular complexity index is 781. The third kappa shape index (κ3) is 2.81. The Balaban J connectivity index is 1.96. The molecule has 2 heterocycles. The van der Waals surface area contributed by atoms with Gasteiger partial charge in [-0.05, 0) is 19.1 Å². The quantitative estimate of drug-likeness (QED) is 0.747. The van der Waals surface area contributed by atoms with Crippen molar-refractivity contribution < 1.29 is 5.11 Å². The van der Waals surface area contributed by atoms with Crippen molar-refractivity contribution >= 4 is 45.4 Å². The van der Waals surface area contributed by atoms with Gasteiger partial charge in [-0.15, -0.1) is 11.3 Å². The molecule has 6 heteroatoms. The second-order valence-electron chi connectivity index (χ2n) is 4.78. The molecule has 0 bridgehead atoms. The topological polar surface area (TPSA) is 38.0 Å². The summed E-state index contributed by atoms with van der Waals surface area (Å²) in [6.07, 6.45) is -0.287. The van der Waals surface area contributed by atoms with E-state index >= 15 is 0 Å². The molecule has 1 atom stereocenters. The molecule has 0 aliphatic carbocycles. The van der Waals surface area contributed by atoms with Crippen molar-refractivity contribution in [3.05, 3.63) is 50.3 Å². The average Bonchev–Trinajstić information content (AvgIpc) is 2.99. The van der Waals surface area contributed by atoms with Crippen LogP contribution in [0.25, 0.3) is 10.9 Å². The van der Waals surface area contributed by atoms with E-state index in [-0.39, 0.29) is 0 Å². The maximum absolute atomic E-state index is 10.4. The Kier molecular flexibility index (Phi) is 4.22. The minimum atomic E-state index is -0.704. The van der Waals surface area contributed by atoms with E-state index in [4.69, 9.17) is 23.2 Å². The number of halogens is 2. The summed E-state index contributed by atoms with van der Waals surface area (Å²) in [6.45, 7) is 2.84. The van der Waals surface area contributed by atoms with Crippen LogP contribution in [0.3, 0.4) is 0 Å². The monoisotopic (exact) mass is 340 g/mol. The fraction of sp³-hybridized carbons (Fsp3) is 0.267. The van der Waals surface area contributed by atoms with E-state index in [1.54, 1.807) is 6.07 Å². The van der Waals surface area contributed by atoms with E-state index in [0.717, 1.165) is 23.1 Å². The minimum Gasteiger partial charge on any atom is -0.388 e. The van der Waals surface area contributed by atoms with Gasteiger partial charge in [0.05, 0.1) is 21.7 Å². The number of nitrogens with zero attached hydrogens (tertiary/aromatic N) is 2. The summed E-state index contributed by atoms with van der Waals surface area (Å²) in [6, 6.07) is 9.76. The molecule has 0 spiro atoms. The van der Waals surface area contributed by atoms with E-state index in [1.165, 1.54) is 11.3 Å². The molecule has 0 aliphatic heterocycles. The molecule has 0 aliphatic rings. The Labute approximate surface area is 136 Å². The van der Waals surface area contributed by atoms with Crippen LogP contribution < -0.4 is 0 Å². The van der Waals surface area contributed by atoms with Crippen LogP contribution in [0.1, 0.15) is 24.3 Å². The molecule has 2 aromatic heterocycles. The van der Waals surface area contributed by atoms with Crippen LogP contribution in [0.2, 0.25) is 8.67 Å². The van der Waals surface area contributed by atoms with Gasteiger partial charge in [0.15, 0.2) is 0 Å². The van der Waals surface area contributed by atoms with Gasteiger partial charge in [-0.2, -0.15) is 5.10 Å². The van der Waals surface area contributed by atoms with Gasteiger partial charge in [0.25, 0.3) is 0 Å². The van der Waals surface area contributed by atoms with Crippen LogP contribution >= 0.6 is 34.5 Å². The summed E-state index contributed by atoms with van der Waals surface area (Å²) in [5.74, 6) is 0. The van der Waals surface area contributed by atoms with Crippen molar-refractivity contribution in [3.63, 3.8) is 0 Å². The molecule has 110 valence electrons. The number of aromatic nitrogens is 2. The molecular weight excluding hydrogens is 327 g/mol. The van der Waals surface area contributed by atoms with Gasteiger partial charge in [-0.3, -0.25) is 4.68 Å². The Morgan fingerprint density at radius 3 is 2.76 bits per heavy atom. The summed E-state index contributed by atoms with van der Waals surface area (Å²) in [5.41, 5.74) is 2.62. The molecule has 1 unspecified atom stereocenters. The Hall–Kier alpha value is -1.07. The number of aryl methyl sites for hydroxylation is 1. The predicted molar refractivity (Wildman–Crippen MR) is 88.4 cm³/mol. The lowest BCUT2D eigenvalue weighted by Gasteiger charge is -2.08. The molecule has 0 saturated heterocycles. The van der Waals surface area contributed by atoms with Crippen molar-refractivity contribution in [2.45, 2.75) is 26.0 Å². The first kappa shape index (κ1) is 14.9. The number of thiophene rings is 1. The summed E-state index contributed by atoms with van der Waals surface area (Å²) in [5, 5.41) is 16.1. The highest BCUT2D eigenvalue weighted by Gasteiger charge is 2.19. The Morgan fingerprint density at radius 1 is 1.33 bits per heavy atom. The van der Waals surface area contributed by atoms with Gasteiger partial charge in [0.1, 0.15) is 4.34 Å². The summed E-state index contributed by atoms with van der Waals surface area (Å²) in [7, 11) is 0. The SMILES string of the molecule is CCn1nc(CC(O)c2cc(Cl)sc2Cl)c2ccccc21. The number of para-hydroxylation sites is 1. The standard InChI is InChI=1S/C15H14Cl2N2OS/c1-2-19-12-6-4-3-5-9(12)11(18-19)8-13(20)10-7-14(16)21-15(10)17/h3-7,13,20H,2,8H2,1H3. The van der Waals surface area contributed by atoms with Gasteiger partial charge in [0.2, 0.25) is 0 Å². The lowest BCUT2D eigenvalue weighted by atomic mass is 10.1. The maximum Gasteiger partial charge on any atom is 0.100 e. The molecule has 1 aromatic carbocycles. The first-order valence-electron chi connectivity index (χ1n) is 6.67. The second-order valence-corrected chi connectivity index (χ2v) is 7.06. The van der Waals surface area contributed by atoms with Crippen LogP contribution in [-0.2, 0) is 13.0 Å². The van der Waals surface area contributed by atoms with E-state index in [0.29, 0.717) is 20.7 Å². The average molecular weight is 341 g/mol. The van der Waals surface area contributed by atoms with Gasteiger partial charge < -0.3 is 5.11 Å². The minimum absolute atomic E-state index is 0.417. The molecule has 3 nitrogen and oxygen atoms in total. The number of aliphatic hydroxyl groups excluding tert-OH is 1. The molecule has 3 rings (SSSR count). The third-order valence-electron chi connectivity index (χ3n) is 3.46. The summed E-state index contributed by atoms with van der Waals surface area (Å²) in [4.78, 5) is 0. The molecular formula is C15H14Cl2N2OS. The number of aliphatic hydroxyl groups is 1. The maximum atomic E-state index is 10.4. The molecule has 1 N–H and O–H groups in total. The van der Waals surface area contributed by atoms with Gasteiger partial charge in [-0.1, -0.05) is 41.4 Å². The largest absolute Gasteiger partial charge is 0.388 e. The van der Waals surface area contributed by atoms with Crippen LogP contribution in [-0.4, -0.2) is 14.9 Å². The number of hydrogen-bond acceptors (Lipinski definition) is 3. The smallest absolute Gasteiger partial charge is 0.100 e. The van der Waals surface area contributed by atoms with Gasteiger partial charge in [-0.25, -0.2) is 0 Å². The number of fused-ring (bicyclic) bond motifs is 1. The van der Waals surface area contributed by atoms with Crippen LogP contribution in [0, 0.1) is 0 Å². The Morgan fingerprint density at radius 2 is 2.10 bits per heavy atom. The summed E-state index contributed by atoms with van der Waals surface area (Å²) < 4.78 is 3.06. The lowest BCUT2D eigenvalue weighted by molar-refractivity contribution is 0.178. The van der Waals surface area contributed by atoms with Crippen molar-refractivity contribution in [1.29, 1.82) is 0 Å². The van der Waals surface area contributed by atoms with Crippen LogP contribution in [0.5, 0.6) is 0 Å². The van der Waals surface area contributed by atoms with E-state index in [2.05, 4.69) is 12.0 Å². The van der Waals surface area contributed by atoms with Crippen molar-refractivity contribution in [3.8, 4) is 0 Å². The third-order valence-corrected chi connectivity index (χ3v) is 4.98. The second kappa shape index (κ2) is 5.97. The normalized spacial score (nSPS) is 13.0. The van der Waals surface area contributed by atoms with E-state index < -0.39 is 6.10 Å². The molecule has 3 aromatic rings. The highest BCUT2D eigenvalue weighted by molar-refractivity contribution is 7.20. The van der Waals surface area contributed by atoms with E-state index in [9.17, 15) is 5.11 Å². The fourth-order valence-electron chi connectivity index (χ4n) is 2.46. The van der Waals surface area contributed by atoms with Crippen molar-refractivity contribution in [1.82, 2.24) is 9.78 Å². The number of hydrogen-bond donors (Lipinski definition) is 1. The molecule has 0 saturated carbocycles. The fourth-order valence-corrected chi connectivity index (χ4v) is 4.03. The molecule has 0 radical (unpaired) electrons. The first-order valence-corrected chi connectivity index (χ1v) is 8.24. The van der Waals surface area contributed by atoms with Crippen LogP contribution in [0.4, 0.5) is 0 Å². The highest BCUT2D eigenvalue weighted by Crippen LogP contribution is 2.36. The van der Waals surface area contributed by atoms with Gasteiger partial charge >= 0.3 is 0 Å². The van der Waals surface area contributed by atoms with Gasteiger partial charge in [0, 0.05) is 23.9 Å². The zero-order valence-corrected chi connectivity index (χ0v) is 13.7. The molecule has 21 heavy (non-hydrogen) atoms. The zero-order chi connectivity index (χ0) is 15.0. The number of rotatable bonds is 4. The predicted octanol–water partition coefficient (Wildman–Crippen LogP) is 4.70. The first-order chi connectivity index (χ1) is 10.1.